The lowest BCUT2D eigenvalue weighted by atomic mass is 9.98. The molecule has 0 radical (unpaired) electrons. The molecular formula is C10H18N2O4. The quantitative estimate of drug-likeness (QED) is 0.718. The smallest absolute Gasteiger partial charge is 0.409 e. The zero-order chi connectivity index (χ0) is 12.0. The monoisotopic (exact) mass is 230 g/mol. The molecule has 0 saturated carbocycles. The topological polar surface area (TPSA) is 67.9 Å². The summed E-state index contributed by atoms with van der Waals surface area (Å²) in [7, 11) is 1.39. The van der Waals surface area contributed by atoms with E-state index in [0.717, 1.165) is 12.8 Å². The maximum absolute atomic E-state index is 11.5. The fraction of sp³-hybridized carbons (Fsp3) is 0.800. The van der Waals surface area contributed by atoms with E-state index in [1.165, 1.54) is 7.11 Å². The van der Waals surface area contributed by atoms with Gasteiger partial charge in [0.05, 0.1) is 19.6 Å². The van der Waals surface area contributed by atoms with Crippen molar-refractivity contribution < 1.29 is 19.2 Å². The number of nitrogens with one attached hydrogen (secondary N) is 1. The normalized spacial score (nSPS) is 20.4. The van der Waals surface area contributed by atoms with Gasteiger partial charge in [-0.05, 0) is 19.8 Å². The minimum Gasteiger partial charge on any atom is -0.450 e. The van der Waals surface area contributed by atoms with E-state index < -0.39 is 0 Å². The number of likely N-dealkylation sites (tertiary alicyclic amines) is 1. The van der Waals surface area contributed by atoms with Gasteiger partial charge in [-0.2, -0.15) is 0 Å². The lowest BCUT2D eigenvalue weighted by Gasteiger charge is -2.30. The Morgan fingerprint density at radius 3 is 2.88 bits per heavy atom. The first-order chi connectivity index (χ1) is 7.69. The van der Waals surface area contributed by atoms with Crippen molar-refractivity contribution in [2.45, 2.75) is 19.8 Å². The second kappa shape index (κ2) is 6.32. The molecule has 1 unspecified atom stereocenters. The van der Waals surface area contributed by atoms with E-state index >= 15 is 0 Å². The van der Waals surface area contributed by atoms with E-state index in [1.807, 2.05) is 0 Å². The summed E-state index contributed by atoms with van der Waals surface area (Å²) in [4.78, 5) is 29.1. The van der Waals surface area contributed by atoms with Gasteiger partial charge < -0.3 is 9.64 Å². The van der Waals surface area contributed by atoms with Crippen LogP contribution in [0.4, 0.5) is 4.79 Å². The Balaban J connectivity index is 2.46. The van der Waals surface area contributed by atoms with Crippen LogP contribution in [0.25, 0.3) is 0 Å². The first kappa shape index (κ1) is 12.8. The van der Waals surface area contributed by atoms with E-state index in [9.17, 15) is 9.59 Å². The first-order valence-electron chi connectivity index (χ1n) is 5.43. The molecular weight excluding hydrogens is 212 g/mol. The molecule has 1 N–H and O–H groups in total. The highest BCUT2D eigenvalue weighted by Gasteiger charge is 2.28. The number of rotatable bonds is 3. The van der Waals surface area contributed by atoms with Crippen LogP contribution in [0.15, 0.2) is 0 Å². The van der Waals surface area contributed by atoms with Gasteiger partial charge in [-0.1, -0.05) is 0 Å². The Labute approximate surface area is 94.8 Å². The molecule has 2 amide bonds. The molecule has 1 atom stereocenters. The summed E-state index contributed by atoms with van der Waals surface area (Å²) >= 11 is 0. The number of hydrogen-bond acceptors (Lipinski definition) is 4. The Bertz CT molecular complexity index is 233. The van der Waals surface area contributed by atoms with Crippen molar-refractivity contribution in [3.63, 3.8) is 0 Å². The third kappa shape index (κ3) is 3.37. The summed E-state index contributed by atoms with van der Waals surface area (Å²) in [6.07, 6.45) is 1.23. The molecule has 1 saturated heterocycles. The van der Waals surface area contributed by atoms with Crippen LogP contribution >= 0.6 is 0 Å². The average molecular weight is 230 g/mol. The molecule has 0 aromatic carbocycles. The molecule has 1 aliphatic rings. The van der Waals surface area contributed by atoms with Crippen LogP contribution in [-0.2, 0) is 14.4 Å². The van der Waals surface area contributed by atoms with Gasteiger partial charge in [0.15, 0.2) is 0 Å². The highest BCUT2D eigenvalue weighted by Crippen LogP contribution is 2.17. The third-order valence-corrected chi connectivity index (χ3v) is 2.52. The zero-order valence-electron chi connectivity index (χ0n) is 9.69. The second-order valence-electron chi connectivity index (χ2n) is 3.65. The lowest BCUT2D eigenvalue weighted by molar-refractivity contribution is -0.137. The van der Waals surface area contributed by atoms with E-state index in [-0.39, 0.29) is 17.9 Å². The number of hydrogen-bond donors (Lipinski definition) is 1. The van der Waals surface area contributed by atoms with Crippen LogP contribution in [-0.4, -0.2) is 43.7 Å². The van der Waals surface area contributed by atoms with Crippen molar-refractivity contribution in [3.8, 4) is 0 Å². The number of amides is 2. The molecule has 92 valence electrons. The van der Waals surface area contributed by atoms with Crippen molar-refractivity contribution in [2.24, 2.45) is 5.92 Å². The molecule has 1 rings (SSSR count). The third-order valence-electron chi connectivity index (χ3n) is 2.52. The fourth-order valence-corrected chi connectivity index (χ4v) is 1.76. The van der Waals surface area contributed by atoms with Gasteiger partial charge in [-0.25, -0.2) is 10.3 Å². The SMILES string of the molecule is CCOC(=O)N1CCCC(C(=O)NOC)C1. The summed E-state index contributed by atoms with van der Waals surface area (Å²) in [6.45, 7) is 3.16. The number of carbonyl (C=O) groups is 2. The molecule has 1 heterocycles. The van der Waals surface area contributed by atoms with Crippen LogP contribution in [0.3, 0.4) is 0 Å². The Morgan fingerprint density at radius 2 is 2.25 bits per heavy atom. The molecule has 6 nitrogen and oxygen atoms in total. The highest BCUT2D eigenvalue weighted by atomic mass is 16.6. The summed E-state index contributed by atoms with van der Waals surface area (Å²) in [5.41, 5.74) is 2.29. The van der Waals surface area contributed by atoms with Gasteiger partial charge in [0.1, 0.15) is 0 Å². The van der Waals surface area contributed by atoms with Gasteiger partial charge >= 0.3 is 6.09 Å². The van der Waals surface area contributed by atoms with Crippen molar-refractivity contribution in [1.29, 1.82) is 0 Å². The minimum absolute atomic E-state index is 0.184. The van der Waals surface area contributed by atoms with Gasteiger partial charge in [0, 0.05) is 13.1 Å². The van der Waals surface area contributed by atoms with Crippen LogP contribution in [0, 0.1) is 5.92 Å². The Hall–Kier alpha value is -1.30. The lowest BCUT2D eigenvalue weighted by Crippen LogP contribution is -2.45. The number of nitrogens with zero attached hydrogens (tertiary/aromatic N) is 1. The standard InChI is InChI=1S/C10H18N2O4/c1-3-16-10(14)12-6-4-5-8(7-12)9(13)11-15-2/h8H,3-7H2,1-2H3,(H,11,13). The van der Waals surface area contributed by atoms with Crippen molar-refractivity contribution in [2.75, 3.05) is 26.8 Å². The summed E-state index contributed by atoms with van der Waals surface area (Å²) in [5.74, 6) is -0.394. The van der Waals surface area contributed by atoms with Gasteiger partial charge in [-0.3, -0.25) is 9.63 Å². The number of carbonyl (C=O) groups excluding carboxylic acids is 2. The highest BCUT2D eigenvalue weighted by molar-refractivity contribution is 5.79. The molecule has 0 aliphatic carbocycles. The summed E-state index contributed by atoms with van der Waals surface area (Å²) in [6, 6.07) is 0. The number of ether oxygens (including phenoxy) is 1. The molecule has 6 heteroatoms. The van der Waals surface area contributed by atoms with Crippen LogP contribution < -0.4 is 5.48 Å². The maximum Gasteiger partial charge on any atom is 0.409 e. The predicted molar refractivity (Wildman–Crippen MR) is 56.5 cm³/mol. The summed E-state index contributed by atoms with van der Waals surface area (Å²) < 4.78 is 4.89. The number of piperidine rings is 1. The number of hydroxylamine groups is 1. The van der Waals surface area contributed by atoms with E-state index in [2.05, 4.69) is 10.3 Å². The van der Waals surface area contributed by atoms with Gasteiger partial charge in [0.2, 0.25) is 5.91 Å². The molecule has 16 heavy (non-hydrogen) atoms. The average Bonchev–Trinajstić information content (AvgIpc) is 2.30. The van der Waals surface area contributed by atoms with Crippen LogP contribution in [0.2, 0.25) is 0 Å². The van der Waals surface area contributed by atoms with Crippen LogP contribution in [0.1, 0.15) is 19.8 Å². The van der Waals surface area contributed by atoms with Gasteiger partial charge in [-0.15, -0.1) is 0 Å². The van der Waals surface area contributed by atoms with Crippen molar-refractivity contribution >= 4 is 12.0 Å². The maximum atomic E-state index is 11.5. The molecule has 0 aromatic rings. The Kier molecular flexibility index (Phi) is 5.04. The molecule has 0 bridgehead atoms. The largest absolute Gasteiger partial charge is 0.450 e. The molecule has 1 aliphatic heterocycles. The zero-order valence-corrected chi connectivity index (χ0v) is 9.69. The van der Waals surface area contributed by atoms with Crippen LogP contribution in [0.5, 0.6) is 0 Å². The minimum atomic E-state index is -0.350. The molecule has 0 aromatic heterocycles. The van der Waals surface area contributed by atoms with E-state index in [0.29, 0.717) is 19.7 Å². The second-order valence-corrected chi connectivity index (χ2v) is 3.65. The van der Waals surface area contributed by atoms with Crippen molar-refractivity contribution in [1.82, 2.24) is 10.4 Å². The predicted octanol–water partition coefficient (Wildman–Crippen LogP) is 0.532. The molecule has 1 fully saturated rings. The molecule has 0 spiro atoms. The first-order valence-corrected chi connectivity index (χ1v) is 5.43. The van der Waals surface area contributed by atoms with Gasteiger partial charge in [0.25, 0.3) is 0 Å². The summed E-state index contributed by atoms with van der Waals surface area (Å²) in [5, 5.41) is 0. The fourth-order valence-electron chi connectivity index (χ4n) is 1.76. The van der Waals surface area contributed by atoms with E-state index in [1.54, 1.807) is 11.8 Å². The van der Waals surface area contributed by atoms with E-state index in [4.69, 9.17) is 4.74 Å². The van der Waals surface area contributed by atoms with Crippen molar-refractivity contribution in [3.05, 3.63) is 0 Å². The Morgan fingerprint density at radius 1 is 1.50 bits per heavy atom.